The minimum Gasteiger partial charge on any atom is -0.482 e. The Balaban J connectivity index is 2.22. The van der Waals surface area contributed by atoms with Crippen molar-refractivity contribution in [3.63, 3.8) is 0 Å². The maximum atomic E-state index is 11.0. The van der Waals surface area contributed by atoms with Crippen LogP contribution in [-0.2, 0) is 6.61 Å². The summed E-state index contributed by atoms with van der Waals surface area (Å²) in [6.45, 7) is 1.88. The van der Waals surface area contributed by atoms with Gasteiger partial charge in [0.15, 0.2) is 5.75 Å². The Hall–Kier alpha value is -2.96. The second-order valence-electron chi connectivity index (χ2n) is 4.43. The van der Waals surface area contributed by atoms with Crippen LogP contribution in [0, 0.1) is 22.4 Å². The van der Waals surface area contributed by atoms with Crippen LogP contribution >= 0.6 is 0 Å². The van der Waals surface area contributed by atoms with Crippen LogP contribution in [0.25, 0.3) is 0 Å². The summed E-state index contributed by atoms with van der Waals surface area (Å²) in [6, 6.07) is 8.08. The molecular formula is C14H14N4O3. The highest BCUT2D eigenvalue weighted by atomic mass is 16.6. The molecule has 0 fully saturated rings. The molecule has 0 spiro atoms. The lowest BCUT2D eigenvalue weighted by Crippen LogP contribution is -2.13. The minimum absolute atomic E-state index is 0.0733. The number of pyridine rings is 1. The monoisotopic (exact) mass is 286 g/mol. The molecule has 21 heavy (non-hydrogen) atoms. The molecule has 1 aromatic heterocycles. The molecule has 0 atom stereocenters. The molecule has 0 radical (unpaired) electrons. The molecule has 3 N–H and O–H groups in total. The van der Waals surface area contributed by atoms with Crippen LogP contribution in [0.3, 0.4) is 0 Å². The summed E-state index contributed by atoms with van der Waals surface area (Å²) in [4.78, 5) is 14.5. The number of nitrogens with zero attached hydrogens (tertiary/aromatic N) is 2. The highest BCUT2D eigenvalue weighted by Gasteiger charge is 2.17. The van der Waals surface area contributed by atoms with Gasteiger partial charge < -0.3 is 10.5 Å². The first-order chi connectivity index (χ1) is 9.99. The van der Waals surface area contributed by atoms with Gasteiger partial charge in [-0.15, -0.1) is 0 Å². The molecule has 0 aliphatic carbocycles. The first-order valence-corrected chi connectivity index (χ1v) is 6.15. The first kappa shape index (κ1) is 14.4. The smallest absolute Gasteiger partial charge is 0.311 e. The molecule has 0 amide bonds. The zero-order valence-electron chi connectivity index (χ0n) is 11.4. The number of rotatable bonds is 5. The number of aromatic nitrogens is 1. The van der Waals surface area contributed by atoms with E-state index in [2.05, 4.69) is 4.98 Å². The molecule has 0 aliphatic heterocycles. The first-order valence-electron chi connectivity index (χ1n) is 6.15. The molecule has 0 saturated carbocycles. The fourth-order valence-electron chi connectivity index (χ4n) is 1.84. The van der Waals surface area contributed by atoms with Gasteiger partial charge in [-0.3, -0.25) is 20.5 Å². The normalized spacial score (nSPS) is 10.1. The molecule has 0 saturated heterocycles. The predicted molar refractivity (Wildman–Crippen MR) is 77.4 cm³/mol. The Kier molecular flexibility index (Phi) is 4.13. The van der Waals surface area contributed by atoms with Crippen LogP contribution in [0.5, 0.6) is 5.75 Å². The molecule has 7 heteroatoms. The minimum atomic E-state index is -0.476. The molecule has 1 aromatic carbocycles. The summed E-state index contributed by atoms with van der Waals surface area (Å²) in [5.74, 6) is 0.0995. The number of nitrogen functional groups attached to an aromatic ring is 1. The largest absolute Gasteiger partial charge is 0.482 e. The van der Waals surface area contributed by atoms with Crippen LogP contribution in [0.2, 0.25) is 0 Å². The van der Waals surface area contributed by atoms with E-state index < -0.39 is 4.92 Å². The van der Waals surface area contributed by atoms with E-state index >= 15 is 0 Å². The van der Waals surface area contributed by atoms with Crippen molar-refractivity contribution < 1.29 is 9.66 Å². The molecule has 7 nitrogen and oxygen atoms in total. The fourth-order valence-corrected chi connectivity index (χ4v) is 1.84. The van der Waals surface area contributed by atoms with Crippen molar-refractivity contribution >= 4 is 11.5 Å². The van der Waals surface area contributed by atoms with E-state index in [-0.39, 0.29) is 23.9 Å². The van der Waals surface area contributed by atoms with Crippen molar-refractivity contribution in [3.8, 4) is 5.75 Å². The van der Waals surface area contributed by atoms with E-state index in [1.807, 2.05) is 0 Å². The number of hydrogen-bond donors (Lipinski definition) is 2. The van der Waals surface area contributed by atoms with Gasteiger partial charge in [-0.1, -0.05) is 12.1 Å². The van der Waals surface area contributed by atoms with Gasteiger partial charge in [0.25, 0.3) is 0 Å². The van der Waals surface area contributed by atoms with Crippen LogP contribution < -0.4 is 10.5 Å². The Morgan fingerprint density at radius 2 is 2.24 bits per heavy atom. The van der Waals surface area contributed by atoms with Gasteiger partial charge in [0.05, 0.1) is 4.92 Å². The van der Waals surface area contributed by atoms with Crippen molar-refractivity contribution in [1.29, 1.82) is 5.41 Å². The van der Waals surface area contributed by atoms with Crippen molar-refractivity contribution in [2.75, 3.05) is 0 Å². The second kappa shape index (κ2) is 6.00. The Morgan fingerprint density at radius 1 is 1.48 bits per heavy atom. The maximum Gasteiger partial charge on any atom is 0.311 e. The van der Waals surface area contributed by atoms with E-state index in [1.54, 1.807) is 31.2 Å². The molecule has 0 unspecified atom stereocenters. The standard InChI is InChI=1S/C14H14N4O3/c1-9-3-2-4-12(18(19)20)13(9)21-8-10-5-6-17-11(7-10)14(15)16/h2-7H,8H2,1H3,(H3,15,16). The Morgan fingerprint density at radius 3 is 2.90 bits per heavy atom. The highest BCUT2D eigenvalue weighted by Crippen LogP contribution is 2.30. The van der Waals surface area contributed by atoms with E-state index in [9.17, 15) is 10.1 Å². The number of nitro groups is 1. The number of nitrogens with one attached hydrogen (secondary N) is 1. The van der Waals surface area contributed by atoms with Gasteiger partial charge in [-0.25, -0.2) is 0 Å². The van der Waals surface area contributed by atoms with Gasteiger partial charge in [-0.2, -0.15) is 0 Å². The molecule has 0 aliphatic rings. The van der Waals surface area contributed by atoms with Crippen molar-refractivity contribution in [2.24, 2.45) is 5.73 Å². The quantitative estimate of drug-likeness (QED) is 0.378. The lowest BCUT2D eigenvalue weighted by atomic mass is 10.2. The molecule has 1 heterocycles. The average Bonchev–Trinajstić information content (AvgIpc) is 2.46. The van der Waals surface area contributed by atoms with Crippen molar-refractivity contribution in [1.82, 2.24) is 4.98 Å². The third-order valence-corrected chi connectivity index (χ3v) is 2.87. The summed E-state index contributed by atoms with van der Waals surface area (Å²) < 4.78 is 5.57. The zero-order valence-corrected chi connectivity index (χ0v) is 11.4. The van der Waals surface area contributed by atoms with Crippen molar-refractivity contribution in [2.45, 2.75) is 13.5 Å². The summed E-state index contributed by atoms with van der Waals surface area (Å²) in [6.07, 6.45) is 1.52. The Labute approximate surface area is 121 Å². The molecule has 0 bridgehead atoms. The topological polar surface area (TPSA) is 115 Å². The van der Waals surface area contributed by atoms with Crippen LogP contribution in [0.4, 0.5) is 5.69 Å². The number of nitrogens with two attached hydrogens (primary N) is 1. The van der Waals surface area contributed by atoms with E-state index in [4.69, 9.17) is 15.9 Å². The molecule has 108 valence electrons. The third kappa shape index (κ3) is 3.33. The zero-order chi connectivity index (χ0) is 15.4. The summed E-state index contributed by atoms with van der Waals surface area (Å²) >= 11 is 0. The van der Waals surface area contributed by atoms with Crippen molar-refractivity contribution in [3.05, 3.63) is 63.5 Å². The van der Waals surface area contributed by atoms with Gasteiger partial charge >= 0.3 is 5.69 Å². The third-order valence-electron chi connectivity index (χ3n) is 2.87. The molecule has 2 aromatic rings. The van der Waals surface area contributed by atoms with E-state index in [0.717, 1.165) is 5.56 Å². The Bertz CT molecular complexity index is 700. The molecule has 2 rings (SSSR count). The molecular weight excluding hydrogens is 272 g/mol. The SMILES string of the molecule is Cc1cccc([N+](=O)[O-])c1OCc1ccnc(C(=N)N)c1. The lowest BCUT2D eigenvalue weighted by molar-refractivity contribution is -0.386. The number of amidine groups is 1. The lowest BCUT2D eigenvalue weighted by Gasteiger charge is -2.10. The van der Waals surface area contributed by atoms with Crippen LogP contribution in [0.15, 0.2) is 36.5 Å². The number of para-hydroxylation sites is 1. The summed E-state index contributed by atoms with van der Waals surface area (Å²) in [5, 5.41) is 18.3. The van der Waals surface area contributed by atoms with Gasteiger partial charge in [-0.05, 0) is 30.2 Å². The van der Waals surface area contributed by atoms with Gasteiger partial charge in [0.1, 0.15) is 18.1 Å². The highest BCUT2D eigenvalue weighted by molar-refractivity contribution is 5.93. The maximum absolute atomic E-state index is 11.0. The number of hydrogen-bond acceptors (Lipinski definition) is 5. The van der Waals surface area contributed by atoms with E-state index in [1.165, 1.54) is 12.3 Å². The predicted octanol–water partition coefficient (Wildman–Crippen LogP) is 2.16. The van der Waals surface area contributed by atoms with Gasteiger partial charge in [0.2, 0.25) is 0 Å². The summed E-state index contributed by atoms with van der Waals surface area (Å²) in [5.41, 5.74) is 7.05. The van der Waals surface area contributed by atoms with Crippen LogP contribution in [0.1, 0.15) is 16.8 Å². The van der Waals surface area contributed by atoms with Crippen LogP contribution in [-0.4, -0.2) is 15.7 Å². The number of ether oxygens (including phenoxy) is 1. The summed E-state index contributed by atoms with van der Waals surface area (Å²) in [7, 11) is 0. The number of aryl methyl sites for hydroxylation is 1. The average molecular weight is 286 g/mol. The number of nitro benzene ring substituents is 1. The fraction of sp³-hybridized carbons (Fsp3) is 0.143. The second-order valence-corrected chi connectivity index (χ2v) is 4.43. The van der Waals surface area contributed by atoms with E-state index in [0.29, 0.717) is 11.3 Å². The van der Waals surface area contributed by atoms with Gasteiger partial charge in [0, 0.05) is 12.3 Å². The number of benzene rings is 1.